The fourth-order valence-corrected chi connectivity index (χ4v) is 3.05. The number of amides is 1. The average Bonchev–Trinajstić information content (AvgIpc) is 2.49. The van der Waals surface area contributed by atoms with E-state index in [-0.39, 0.29) is 17.9 Å². The quantitative estimate of drug-likeness (QED) is 0.781. The van der Waals surface area contributed by atoms with Crippen LogP contribution in [-0.2, 0) is 11.2 Å². The molecule has 0 bridgehead atoms. The second kappa shape index (κ2) is 8.18. The Balaban J connectivity index is 1.86. The third kappa shape index (κ3) is 4.85. The van der Waals surface area contributed by atoms with Gasteiger partial charge in [-0.15, -0.1) is 0 Å². The second-order valence-corrected chi connectivity index (χ2v) is 6.20. The van der Waals surface area contributed by atoms with Crippen LogP contribution in [0, 0.1) is 5.92 Å². The van der Waals surface area contributed by atoms with E-state index in [0.717, 1.165) is 37.8 Å². The van der Waals surface area contributed by atoms with Crippen LogP contribution in [0.5, 0.6) is 0 Å². The van der Waals surface area contributed by atoms with E-state index < -0.39 is 0 Å². The molecular formula is C18H28N2O. The maximum atomic E-state index is 12.3. The zero-order valence-corrected chi connectivity index (χ0v) is 13.1. The molecule has 1 aromatic rings. The van der Waals surface area contributed by atoms with Crippen molar-refractivity contribution in [3.05, 3.63) is 29.8 Å². The Morgan fingerprint density at radius 3 is 2.57 bits per heavy atom. The lowest BCUT2D eigenvalue weighted by atomic mass is 9.84. The summed E-state index contributed by atoms with van der Waals surface area (Å²) in [4.78, 5) is 12.3. The molecule has 1 fully saturated rings. The monoisotopic (exact) mass is 288 g/mol. The molecule has 3 nitrogen and oxygen atoms in total. The molecule has 1 aliphatic rings. The molecule has 0 saturated heterocycles. The summed E-state index contributed by atoms with van der Waals surface area (Å²) in [5.41, 5.74) is 8.29. The fourth-order valence-electron chi connectivity index (χ4n) is 3.05. The summed E-state index contributed by atoms with van der Waals surface area (Å²) >= 11 is 0. The van der Waals surface area contributed by atoms with Crippen molar-refractivity contribution < 1.29 is 4.79 Å². The van der Waals surface area contributed by atoms with Crippen molar-refractivity contribution in [3.63, 3.8) is 0 Å². The first-order valence-electron chi connectivity index (χ1n) is 8.36. The van der Waals surface area contributed by atoms with Crippen LogP contribution >= 0.6 is 0 Å². The Hall–Kier alpha value is -1.35. The molecule has 1 aromatic carbocycles. The molecular weight excluding hydrogens is 260 g/mol. The molecule has 2 atom stereocenters. The highest BCUT2D eigenvalue weighted by atomic mass is 16.1. The molecule has 1 saturated carbocycles. The molecule has 0 radical (unpaired) electrons. The number of unbranched alkanes of at least 4 members (excludes halogenated alkanes) is 2. The molecule has 2 unspecified atom stereocenters. The zero-order chi connectivity index (χ0) is 15.1. The number of hydrogen-bond acceptors (Lipinski definition) is 2. The zero-order valence-electron chi connectivity index (χ0n) is 13.1. The Kier molecular flexibility index (Phi) is 6.24. The largest absolute Gasteiger partial charge is 0.327 e. The normalized spacial score (nSPS) is 22.0. The first-order valence-corrected chi connectivity index (χ1v) is 8.36. The number of benzene rings is 1. The number of anilines is 1. The molecule has 1 amide bonds. The Labute approximate surface area is 128 Å². The van der Waals surface area contributed by atoms with E-state index in [9.17, 15) is 4.79 Å². The van der Waals surface area contributed by atoms with Gasteiger partial charge in [0.15, 0.2) is 0 Å². The van der Waals surface area contributed by atoms with Gasteiger partial charge in [0.05, 0.1) is 5.92 Å². The maximum absolute atomic E-state index is 12.3. The van der Waals surface area contributed by atoms with Gasteiger partial charge in [-0.25, -0.2) is 0 Å². The van der Waals surface area contributed by atoms with Crippen LogP contribution in [0.2, 0.25) is 0 Å². The highest BCUT2D eigenvalue weighted by Gasteiger charge is 2.28. The predicted octanol–water partition coefficient (Wildman–Crippen LogP) is 3.88. The lowest BCUT2D eigenvalue weighted by molar-refractivity contribution is -0.121. The van der Waals surface area contributed by atoms with Crippen LogP contribution in [0.1, 0.15) is 57.4 Å². The summed E-state index contributed by atoms with van der Waals surface area (Å²) in [5, 5.41) is 3.02. The SMILES string of the molecule is CCCCCc1ccc(NC(=O)C2CCCCC2N)cc1. The second-order valence-electron chi connectivity index (χ2n) is 6.20. The summed E-state index contributed by atoms with van der Waals surface area (Å²) in [6, 6.07) is 8.27. The summed E-state index contributed by atoms with van der Waals surface area (Å²) in [6.45, 7) is 2.22. The first-order chi connectivity index (χ1) is 10.2. The lowest BCUT2D eigenvalue weighted by Crippen LogP contribution is -2.40. The van der Waals surface area contributed by atoms with Crippen molar-refractivity contribution in [2.24, 2.45) is 11.7 Å². The number of nitrogens with two attached hydrogens (primary N) is 1. The van der Waals surface area contributed by atoms with E-state index in [0.29, 0.717) is 0 Å². The fraction of sp³-hybridized carbons (Fsp3) is 0.611. The van der Waals surface area contributed by atoms with Crippen molar-refractivity contribution in [2.45, 2.75) is 64.3 Å². The van der Waals surface area contributed by atoms with Crippen LogP contribution in [-0.4, -0.2) is 11.9 Å². The Morgan fingerprint density at radius 1 is 1.19 bits per heavy atom. The van der Waals surface area contributed by atoms with E-state index >= 15 is 0 Å². The van der Waals surface area contributed by atoms with Crippen LogP contribution < -0.4 is 11.1 Å². The van der Waals surface area contributed by atoms with Crippen LogP contribution in [0.25, 0.3) is 0 Å². The summed E-state index contributed by atoms with van der Waals surface area (Å²) < 4.78 is 0. The van der Waals surface area contributed by atoms with Gasteiger partial charge >= 0.3 is 0 Å². The molecule has 0 aliphatic heterocycles. The topological polar surface area (TPSA) is 55.1 Å². The number of aryl methyl sites for hydroxylation is 1. The molecule has 116 valence electrons. The smallest absolute Gasteiger partial charge is 0.229 e. The standard InChI is InChI=1S/C18H28N2O/c1-2-3-4-7-14-10-12-15(13-11-14)20-18(21)16-8-5-6-9-17(16)19/h10-13,16-17H,2-9,19H2,1H3,(H,20,21). The van der Waals surface area contributed by atoms with E-state index in [1.165, 1.54) is 24.8 Å². The van der Waals surface area contributed by atoms with Gasteiger partial charge in [-0.3, -0.25) is 4.79 Å². The number of nitrogens with one attached hydrogen (secondary N) is 1. The highest BCUT2D eigenvalue weighted by Crippen LogP contribution is 2.24. The summed E-state index contributed by atoms with van der Waals surface area (Å²) in [6.07, 6.45) is 9.03. The molecule has 0 spiro atoms. The molecule has 2 rings (SSSR count). The number of carbonyl (C=O) groups excluding carboxylic acids is 1. The average molecular weight is 288 g/mol. The molecule has 0 aromatic heterocycles. The Bertz CT molecular complexity index is 441. The van der Waals surface area contributed by atoms with Gasteiger partial charge in [0.2, 0.25) is 5.91 Å². The van der Waals surface area contributed by atoms with E-state index in [1.54, 1.807) is 0 Å². The molecule has 0 heterocycles. The van der Waals surface area contributed by atoms with Crippen molar-refractivity contribution in [2.75, 3.05) is 5.32 Å². The molecule has 3 N–H and O–H groups in total. The summed E-state index contributed by atoms with van der Waals surface area (Å²) in [7, 11) is 0. The highest BCUT2D eigenvalue weighted by molar-refractivity contribution is 5.93. The van der Waals surface area contributed by atoms with E-state index in [1.807, 2.05) is 12.1 Å². The van der Waals surface area contributed by atoms with Crippen molar-refractivity contribution in [3.8, 4) is 0 Å². The predicted molar refractivity (Wildman–Crippen MR) is 88.2 cm³/mol. The van der Waals surface area contributed by atoms with Gasteiger partial charge in [-0.2, -0.15) is 0 Å². The molecule has 1 aliphatic carbocycles. The van der Waals surface area contributed by atoms with Gasteiger partial charge in [0, 0.05) is 11.7 Å². The van der Waals surface area contributed by atoms with Gasteiger partial charge in [0.25, 0.3) is 0 Å². The van der Waals surface area contributed by atoms with Gasteiger partial charge in [-0.1, -0.05) is 44.7 Å². The first kappa shape index (κ1) is 16.0. The molecule has 3 heteroatoms. The third-order valence-electron chi connectivity index (χ3n) is 4.45. The number of hydrogen-bond donors (Lipinski definition) is 2. The lowest BCUT2D eigenvalue weighted by Gasteiger charge is -2.27. The minimum atomic E-state index is -0.0250. The van der Waals surface area contributed by atoms with Crippen molar-refractivity contribution in [1.29, 1.82) is 0 Å². The van der Waals surface area contributed by atoms with Crippen molar-refractivity contribution >= 4 is 11.6 Å². The maximum Gasteiger partial charge on any atom is 0.229 e. The Morgan fingerprint density at radius 2 is 1.90 bits per heavy atom. The van der Waals surface area contributed by atoms with E-state index in [4.69, 9.17) is 5.73 Å². The minimum absolute atomic E-state index is 0.0204. The van der Waals surface area contributed by atoms with Gasteiger partial charge < -0.3 is 11.1 Å². The van der Waals surface area contributed by atoms with Crippen LogP contribution in [0.15, 0.2) is 24.3 Å². The molecule has 21 heavy (non-hydrogen) atoms. The summed E-state index contributed by atoms with van der Waals surface area (Å²) in [5.74, 6) is 0.0592. The third-order valence-corrected chi connectivity index (χ3v) is 4.45. The van der Waals surface area contributed by atoms with E-state index in [2.05, 4.69) is 24.4 Å². The van der Waals surface area contributed by atoms with Crippen LogP contribution in [0.4, 0.5) is 5.69 Å². The number of carbonyl (C=O) groups is 1. The number of rotatable bonds is 6. The van der Waals surface area contributed by atoms with Gasteiger partial charge in [0.1, 0.15) is 0 Å². The minimum Gasteiger partial charge on any atom is -0.327 e. The van der Waals surface area contributed by atoms with Crippen molar-refractivity contribution in [1.82, 2.24) is 0 Å². The van der Waals surface area contributed by atoms with Crippen LogP contribution in [0.3, 0.4) is 0 Å². The van der Waals surface area contributed by atoms with Gasteiger partial charge in [-0.05, 0) is 43.4 Å².